The first kappa shape index (κ1) is 17.8. The zero-order valence-electron chi connectivity index (χ0n) is 12.7. The number of nitrogens with zero attached hydrogens (tertiary/aromatic N) is 1. The van der Waals surface area contributed by atoms with Gasteiger partial charge in [0.15, 0.2) is 0 Å². The molecule has 2 atom stereocenters. The van der Waals surface area contributed by atoms with Gasteiger partial charge in [-0.1, -0.05) is 6.42 Å². The van der Waals surface area contributed by atoms with E-state index in [1.165, 1.54) is 31.4 Å². The fourth-order valence-corrected chi connectivity index (χ4v) is 4.44. The number of carbonyl (C=O) groups excluding carboxylic acids is 1. The van der Waals surface area contributed by atoms with Crippen LogP contribution in [0.15, 0.2) is 29.2 Å². The molecule has 5 heteroatoms. The molecule has 2 heterocycles. The Hall–Kier alpha value is -0.580. The molecular weight excluding hydrogens is 321 g/mol. The van der Waals surface area contributed by atoms with Gasteiger partial charge in [0.25, 0.3) is 0 Å². The minimum absolute atomic E-state index is 0. The lowest BCUT2D eigenvalue weighted by atomic mass is 9.84. The fraction of sp³-hybridized carbons (Fsp3) is 0.588. The van der Waals surface area contributed by atoms with E-state index in [2.05, 4.69) is 4.90 Å². The molecule has 3 rings (SSSR count). The van der Waals surface area contributed by atoms with Gasteiger partial charge in [0, 0.05) is 29.8 Å². The molecule has 2 fully saturated rings. The van der Waals surface area contributed by atoms with Gasteiger partial charge < -0.3 is 0 Å². The lowest BCUT2D eigenvalue weighted by Gasteiger charge is -2.45. The average molecular weight is 344 g/mol. The summed E-state index contributed by atoms with van der Waals surface area (Å²) in [5.41, 5.74) is 0. The average Bonchev–Trinajstić information content (AvgIpc) is 2.46. The summed E-state index contributed by atoms with van der Waals surface area (Å²) in [6, 6.07) is 7.72. The van der Waals surface area contributed by atoms with E-state index in [1.807, 2.05) is 12.1 Å². The summed E-state index contributed by atoms with van der Waals surface area (Å²) in [7, 11) is 0. The Kier molecular flexibility index (Phi) is 6.72. The smallest absolute Gasteiger partial charge is 0.136 e. The van der Waals surface area contributed by atoms with Crippen molar-refractivity contribution in [3.63, 3.8) is 0 Å². The minimum Gasteiger partial charge on any atom is -0.300 e. The molecule has 22 heavy (non-hydrogen) atoms. The Morgan fingerprint density at radius 1 is 1.14 bits per heavy atom. The monoisotopic (exact) mass is 343 g/mol. The summed E-state index contributed by atoms with van der Waals surface area (Å²) >= 11 is 1.79. The Labute approximate surface area is 142 Å². The first-order chi connectivity index (χ1) is 10.2. The summed E-state index contributed by atoms with van der Waals surface area (Å²) in [6.45, 7) is 1.09. The third kappa shape index (κ3) is 4.46. The molecule has 2 unspecified atom stereocenters. The molecule has 1 aromatic carbocycles. The van der Waals surface area contributed by atoms with E-state index in [-0.39, 0.29) is 18.2 Å². The molecule has 2 aliphatic heterocycles. The Bertz CT molecular complexity index is 480. The maximum absolute atomic E-state index is 12.8. The van der Waals surface area contributed by atoms with Crippen LogP contribution in [0.25, 0.3) is 0 Å². The summed E-state index contributed by atoms with van der Waals surface area (Å²) in [5.74, 6) is 1.34. The molecule has 2 nitrogen and oxygen atoms in total. The second kappa shape index (κ2) is 8.32. The standard InChI is InChI=1S/C17H22FNOS.ClH/c18-13-5-7-17(8-6-13)21-10-2-9-19-14-3-1-4-15(19)12-16(20)11-14;/h5-8,14-15H,1-4,9-12H2;1H. The molecule has 2 bridgehead atoms. The molecule has 2 aliphatic rings. The molecule has 0 saturated carbocycles. The topological polar surface area (TPSA) is 20.3 Å². The van der Waals surface area contributed by atoms with Crippen LogP contribution in [-0.2, 0) is 4.79 Å². The van der Waals surface area contributed by atoms with Crippen molar-refractivity contribution < 1.29 is 9.18 Å². The highest BCUT2D eigenvalue weighted by Crippen LogP contribution is 2.32. The van der Waals surface area contributed by atoms with Crippen molar-refractivity contribution in [2.24, 2.45) is 0 Å². The zero-order chi connectivity index (χ0) is 14.7. The Morgan fingerprint density at radius 2 is 1.77 bits per heavy atom. The van der Waals surface area contributed by atoms with Crippen LogP contribution in [0.5, 0.6) is 0 Å². The van der Waals surface area contributed by atoms with E-state index < -0.39 is 0 Å². The fourth-order valence-electron chi connectivity index (χ4n) is 3.60. The second-order valence-electron chi connectivity index (χ2n) is 6.08. The van der Waals surface area contributed by atoms with Crippen LogP contribution in [0.3, 0.4) is 0 Å². The number of piperidine rings is 2. The Balaban J connectivity index is 0.00000176. The molecule has 2 saturated heterocycles. The molecule has 0 spiro atoms. The zero-order valence-corrected chi connectivity index (χ0v) is 14.3. The molecule has 0 aromatic heterocycles. The van der Waals surface area contributed by atoms with Gasteiger partial charge in [0.1, 0.15) is 11.6 Å². The van der Waals surface area contributed by atoms with E-state index in [4.69, 9.17) is 0 Å². The first-order valence-electron chi connectivity index (χ1n) is 7.88. The third-order valence-electron chi connectivity index (χ3n) is 4.58. The van der Waals surface area contributed by atoms with Gasteiger partial charge in [0.05, 0.1) is 0 Å². The van der Waals surface area contributed by atoms with E-state index in [0.29, 0.717) is 17.9 Å². The molecule has 122 valence electrons. The number of carbonyl (C=O) groups is 1. The maximum atomic E-state index is 12.8. The van der Waals surface area contributed by atoms with Crippen LogP contribution in [0.2, 0.25) is 0 Å². The first-order valence-corrected chi connectivity index (χ1v) is 8.87. The van der Waals surface area contributed by atoms with Crippen molar-refractivity contribution in [1.29, 1.82) is 0 Å². The quantitative estimate of drug-likeness (QED) is 0.586. The third-order valence-corrected chi connectivity index (χ3v) is 5.68. The molecule has 1 aromatic rings. The van der Waals surface area contributed by atoms with Gasteiger partial charge in [-0.2, -0.15) is 0 Å². The number of halogens is 2. The van der Waals surface area contributed by atoms with E-state index >= 15 is 0 Å². The van der Waals surface area contributed by atoms with Gasteiger partial charge in [-0.3, -0.25) is 9.69 Å². The number of Topliss-reactive ketones (excluding diaryl/α,β-unsaturated/α-hetero) is 1. The predicted molar refractivity (Wildman–Crippen MR) is 91.4 cm³/mol. The molecule has 0 amide bonds. The number of fused-ring (bicyclic) bond motifs is 2. The number of hydrogen-bond acceptors (Lipinski definition) is 3. The Morgan fingerprint density at radius 3 is 2.41 bits per heavy atom. The lowest BCUT2D eigenvalue weighted by molar-refractivity contribution is -0.127. The lowest BCUT2D eigenvalue weighted by Crippen LogP contribution is -2.52. The van der Waals surface area contributed by atoms with Crippen LogP contribution in [-0.4, -0.2) is 35.1 Å². The highest BCUT2D eigenvalue weighted by atomic mass is 35.5. The maximum Gasteiger partial charge on any atom is 0.136 e. The summed E-state index contributed by atoms with van der Waals surface area (Å²) in [5, 5.41) is 0. The van der Waals surface area contributed by atoms with E-state index in [0.717, 1.165) is 36.5 Å². The van der Waals surface area contributed by atoms with Crippen LogP contribution in [0, 0.1) is 5.82 Å². The minimum atomic E-state index is -0.176. The normalized spacial score (nSPS) is 24.9. The van der Waals surface area contributed by atoms with Crippen molar-refractivity contribution in [1.82, 2.24) is 4.90 Å². The molecular formula is C17H23ClFNOS. The van der Waals surface area contributed by atoms with Crippen LogP contribution in [0.1, 0.15) is 38.5 Å². The van der Waals surface area contributed by atoms with E-state index in [9.17, 15) is 9.18 Å². The van der Waals surface area contributed by atoms with Crippen LogP contribution in [0.4, 0.5) is 4.39 Å². The van der Waals surface area contributed by atoms with Crippen molar-refractivity contribution in [3.05, 3.63) is 30.1 Å². The molecule has 0 N–H and O–H groups in total. The van der Waals surface area contributed by atoms with Gasteiger partial charge in [-0.25, -0.2) is 4.39 Å². The van der Waals surface area contributed by atoms with Crippen molar-refractivity contribution in [3.8, 4) is 0 Å². The van der Waals surface area contributed by atoms with Gasteiger partial charge in [-0.15, -0.1) is 24.2 Å². The molecule has 0 radical (unpaired) electrons. The second-order valence-corrected chi connectivity index (χ2v) is 7.25. The van der Waals surface area contributed by atoms with Crippen molar-refractivity contribution in [2.45, 2.75) is 55.5 Å². The number of rotatable bonds is 5. The molecule has 0 aliphatic carbocycles. The van der Waals surface area contributed by atoms with Crippen molar-refractivity contribution >= 4 is 30.0 Å². The van der Waals surface area contributed by atoms with Crippen LogP contribution < -0.4 is 0 Å². The summed E-state index contributed by atoms with van der Waals surface area (Å²) < 4.78 is 12.8. The summed E-state index contributed by atoms with van der Waals surface area (Å²) in [4.78, 5) is 15.4. The number of thioether (sulfide) groups is 1. The highest BCUT2D eigenvalue weighted by Gasteiger charge is 2.36. The van der Waals surface area contributed by atoms with Crippen molar-refractivity contribution in [2.75, 3.05) is 12.3 Å². The highest BCUT2D eigenvalue weighted by molar-refractivity contribution is 7.99. The van der Waals surface area contributed by atoms with Gasteiger partial charge in [0.2, 0.25) is 0 Å². The number of hydrogen-bond donors (Lipinski definition) is 0. The van der Waals surface area contributed by atoms with Gasteiger partial charge in [-0.05, 0) is 55.8 Å². The van der Waals surface area contributed by atoms with Gasteiger partial charge >= 0.3 is 0 Å². The van der Waals surface area contributed by atoms with E-state index in [1.54, 1.807) is 11.8 Å². The predicted octanol–water partition coefficient (Wildman–Crippen LogP) is 4.32. The SMILES string of the molecule is Cl.O=C1CC2CCCC(C1)N2CCCSc1ccc(F)cc1. The summed E-state index contributed by atoms with van der Waals surface area (Å²) in [6.07, 6.45) is 6.32. The largest absolute Gasteiger partial charge is 0.300 e. The van der Waals surface area contributed by atoms with Crippen LogP contribution >= 0.6 is 24.2 Å². The number of ketones is 1. The number of benzene rings is 1.